The number of nitrogens with one attached hydrogen (secondary N) is 1. The van der Waals surface area contributed by atoms with E-state index in [-0.39, 0.29) is 18.1 Å². The van der Waals surface area contributed by atoms with Crippen LogP contribution in [0.1, 0.15) is 23.2 Å². The van der Waals surface area contributed by atoms with Gasteiger partial charge in [0.15, 0.2) is 0 Å². The van der Waals surface area contributed by atoms with Gasteiger partial charge in [-0.25, -0.2) is 4.68 Å². The molecule has 2 heterocycles. The van der Waals surface area contributed by atoms with Gasteiger partial charge in [0.2, 0.25) is 5.95 Å². The maximum absolute atomic E-state index is 6.65. The molecule has 2 aromatic carbocycles. The highest BCUT2D eigenvalue weighted by atomic mass is 16.5. The van der Waals surface area contributed by atoms with Crippen molar-refractivity contribution < 1.29 is 4.74 Å². The molecule has 0 aliphatic carbocycles. The number of rotatable bonds is 3. The number of ether oxygens (including phenoxy) is 1. The Morgan fingerprint density at radius 1 is 1.04 bits per heavy atom. The van der Waals surface area contributed by atoms with Crippen molar-refractivity contribution in [2.45, 2.75) is 18.1 Å². The first-order chi connectivity index (χ1) is 11.8. The van der Waals surface area contributed by atoms with Crippen molar-refractivity contribution >= 4 is 5.95 Å². The quantitative estimate of drug-likeness (QED) is 0.774. The van der Waals surface area contributed by atoms with Gasteiger partial charge in [-0.15, -0.1) is 0 Å². The number of hydrogen-bond donors (Lipinski definition) is 2. The van der Waals surface area contributed by atoms with Crippen LogP contribution in [0.15, 0.2) is 60.9 Å². The predicted molar refractivity (Wildman–Crippen MR) is 91.9 cm³/mol. The lowest BCUT2D eigenvalue weighted by molar-refractivity contribution is 0.370. The van der Waals surface area contributed by atoms with Gasteiger partial charge in [0.25, 0.3) is 0 Å². The van der Waals surface area contributed by atoms with Crippen LogP contribution in [-0.2, 0) is 0 Å². The van der Waals surface area contributed by atoms with Crippen LogP contribution in [0.2, 0.25) is 0 Å². The van der Waals surface area contributed by atoms with Crippen LogP contribution >= 0.6 is 0 Å². The summed E-state index contributed by atoms with van der Waals surface area (Å²) in [6, 6.07) is 17.8. The minimum atomic E-state index is -0.185. The van der Waals surface area contributed by atoms with Crippen molar-refractivity contribution in [3.8, 4) is 5.75 Å². The molecule has 3 aromatic rings. The third-order valence-corrected chi connectivity index (χ3v) is 4.49. The molecule has 3 N–H and O–H groups in total. The van der Waals surface area contributed by atoms with Crippen LogP contribution in [0, 0.1) is 0 Å². The molecule has 0 radical (unpaired) electrons. The van der Waals surface area contributed by atoms with E-state index in [1.54, 1.807) is 13.4 Å². The van der Waals surface area contributed by atoms with Crippen LogP contribution in [0.5, 0.6) is 5.75 Å². The summed E-state index contributed by atoms with van der Waals surface area (Å²) in [7, 11) is 1.66. The predicted octanol–water partition coefficient (Wildman–Crippen LogP) is 2.37. The molecular formula is C18H19N5O. The second-order valence-electron chi connectivity index (χ2n) is 5.86. The Kier molecular flexibility index (Phi) is 3.66. The topological polar surface area (TPSA) is 78.0 Å². The zero-order valence-electron chi connectivity index (χ0n) is 13.3. The van der Waals surface area contributed by atoms with Crippen LogP contribution in [0.4, 0.5) is 5.95 Å². The Hall–Kier alpha value is -2.86. The molecule has 0 unspecified atom stereocenters. The summed E-state index contributed by atoms with van der Waals surface area (Å²) < 4.78 is 7.10. The number of nitrogens with two attached hydrogens (primary N) is 1. The Morgan fingerprint density at radius 3 is 2.50 bits per heavy atom. The van der Waals surface area contributed by atoms with Gasteiger partial charge in [-0.3, -0.25) is 0 Å². The fourth-order valence-corrected chi connectivity index (χ4v) is 3.27. The third kappa shape index (κ3) is 2.41. The Balaban J connectivity index is 1.77. The molecule has 6 nitrogen and oxygen atoms in total. The average Bonchev–Trinajstić information content (AvgIpc) is 3.10. The molecule has 0 spiro atoms. The van der Waals surface area contributed by atoms with Crippen LogP contribution < -0.4 is 15.8 Å². The summed E-state index contributed by atoms with van der Waals surface area (Å²) >= 11 is 0. The van der Waals surface area contributed by atoms with Gasteiger partial charge in [0, 0.05) is 0 Å². The van der Waals surface area contributed by atoms with Crippen molar-refractivity contribution in [3.05, 3.63) is 72.1 Å². The number of nitrogens with zero attached hydrogens (tertiary/aromatic N) is 3. The largest absolute Gasteiger partial charge is 0.497 e. The van der Waals surface area contributed by atoms with E-state index >= 15 is 0 Å². The lowest BCUT2D eigenvalue weighted by Crippen LogP contribution is -2.46. The van der Waals surface area contributed by atoms with E-state index < -0.39 is 0 Å². The Morgan fingerprint density at radius 2 is 1.79 bits per heavy atom. The van der Waals surface area contributed by atoms with Crippen LogP contribution in [0.3, 0.4) is 0 Å². The molecule has 122 valence electrons. The highest BCUT2D eigenvalue weighted by Gasteiger charge is 2.37. The van der Waals surface area contributed by atoms with Crippen molar-refractivity contribution in [3.63, 3.8) is 0 Å². The van der Waals surface area contributed by atoms with Gasteiger partial charge in [-0.2, -0.15) is 10.1 Å². The summed E-state index contributed by atoms with van der Waals surface area (Å²) in [6.45, 7) is 0. The van der Waals surface area contributed by atoms with E-state index in [9.17, 15) is 0 Å². The van der Waals surface area contributed by atoms with Crippen molar-refractivity contribution in [1.29, 1.82) is 0 Å². The maximum atomic E-state index is 6.65. The van der Waals surface area contributed by atoms with Crippen LogP contribution in [0.25, 0.3) is 0 Å². The zero-order valence-corrected chi connectivity index (χ0v) is 13.3. The van der Waals surface area contributed by atoms with E-state index in [4.69, 9.17) is 10.5 Å². The zero-order chi connectivity index (χ0) is 16.5. The normalized spacial score (nSPS) is 22.5. The standard InChI is InChI=1S/C18H19N5O/c1-24-14-9-7-13(8-10-14)17-15(19)16(12-5-3-2-4-6-12)22-18-20-11-21-23(17)18/h2-11,15-17H,19H2,1H3,(H,20,21,22)/t15-,16-,17-/m0/s1. The van der Waals surface area contributed by atoms with E-state index in [1.165, 1.54) is 0 Å². The first-order valence-corrected chi connectivity index (χ1v) is 7.88. The van der Waals surface area contributed by atoms with Gasteiger partial charge in [0.1, 0.15) is 12.1 Å². The average molecular weight is 321 g/mol. The number of aromatic nitrogens is 3. The van der Waals surface area contributed by atoms with Gasteiger partial charge in [-0.05, 0) is 23.3 Å². The summed E-state index contributed by atoms with van der Waals surface area (Å²) in [4.78, 5) is 4.34. The number of hydrogen-bond acceptors (Lipinski definition) is 5. The highest BCUT2D eigenvalue weighted by molar-refractivity contribution is 5.41. The summed E-state index contributed by atoms with van der Waals surface area (Å²) in [6.07, 6.45) is 1.55. The second-order valence-corrected chi connectivity index (χ2v) is 5.86. The maximum Gasteiger partial charge on any atom is 0.222 e. The van der Waals surface area contributed by atoms with Crippen molar-refractivity contribution in [2.75, 3.05) is 12.4 Å². The molecule has 0 bridgehead atoms. The van der Waals surface area contributed by atoms with E-state index in [1.807, 2.05) is 47.1 Å². The molecule has 0 saturated heterocycles. The monoisotopic (exact) mass is 321 g/mol. The van der Waals surface area contributed by atoms with Crippen molar-refractivity contribution in [2.24, 2.45) is 5.73 Å². The number of benzene rings is 2. The fourth-order valence-electron chi connectivity index (χ4n) is 3.27. The molecular weight excluding hydrogens is 302 g/mol. The summed E-state index contributed by atoms with van der Waals surface area (Å²) in [5.74, 6) is 1.55. The lowest BCUT2D eigenvalue weighted by atomic mass is 9.89. The smallest absolute Gasteiger partial charge is 0.222 e. The summed E-state index contributed by atoms with van der Waals surface area (Å²) in [5, 5.41) is 7.77. The van der Waals surface area contributed by atoms with Gasteiger partial charge in [-0.1, -0.05) is 42.5 Å². The minimum Gasteiger partial charge on any atom is -0.497 e. The molecule has 3 atom stereocenters. The Bertz CT molecular complexity index is 815. The summed E-state index contributed by atoms with van der Waals surface area (Å²) in [5.41, 5.74) is 8.87. The highest BCUT2D eigenvalue weighted by Crippen LogP contribution is 2.36. The van der Waals surface area contributed by atoms with Crippen molar-refractivity contribution in [1.82, 2.24) is 14.8 Å². The first kappa shape index (κ1) is 14.7. The SMILES string of the molecule is COc1ccc([C@H]2[C@@H](N)[C@H](c3ccccc3)Nc3ncnn32)cc1. The molecule has 1 aliphatic rings. The van der Waals surface area contributed by atoms with E-state index in [0.29, 0.717) is 0 Å². The number of anilines is 1. The number of methoxy groups -OCH3 is 1. The molecule has 4 rings (SSSR count). The number of fused-ring (bicyclic) bond motifs is 1. The fraction of sp³-hybridized carbons (Fsp3) is 0.222. The molecule has 0 fully saturated rings. The molecule has 0 amide bonds. The van der Waals surface area contributed by atoms with E-state index in [2.05, 4.69) is 27.5 Å². The van der Waals surface area contributed by atoms with Gasteiger partial charge < -0.3 is 15.8 Å². The van der Waals surface area contributed by atoms with Gasteiger partial charge >= 0.3 is 0 Å². The molecule has 1 aromatic heterocycles. The molecule has 24 heavy (non-hydrogen) atoms. The van der Waals surface area contributed by atoms with Gasteiger partial charge in [0.05, 0.1) is 25.2 Å². The van der Waals surface area contributed by atoms with E-state index in [0.717, 1.165) is 22.8 Å². The molecule has 0 saturated carbocycles. The Labute approximate surface area is 140 Å². The third-order valence-electron chi connectivity index (χ3n) is 4.49. The molecule has 1 aliphatic heterocycles. The second kappa shape index (κ2) is 5.98. The van der Waals surface area contributed by atoms with Crippen LogP contribution in [-0.4, -0.2) is 27.9 Å². The minimum absolute atomic E-state index is 0.0324. The lowest BCUT2D eigenvalue weighted by Gasteiger charge is -2.37. The first-order valence-electron chi connectivity index (χ1n) is 7.88. The molecule has 6 heteroatoms.